The fourth-order valence-corrected chi connectivity index (χ4v) is 3.77. The number of H-pyrrole nitrogens is 1. The van der Waals surface area contributed by atoms with E-state index in [1.807, 2.05) is 18.3 Å². The maximum absolute atomic E-state index is 6.02. The Morgan fingerprint density at radius 3 is 2.81 bits per heavy atom. The number of nitrogens with one attached hydrogen (secondary N) is 2. The number of hydrogen-bond acceptors (Lipinski definition) is 5. The van der Waals surface area contributed by atoms with E-state index in [1.165, 1.54) is 5.39 Å². The van der Waals surface area contributed by atoms with Gasteiger partial charge in [0.25, 0.3) is 0 Å². The molecule has 1 saturated carbocycles. The molecule has 1 fully saturated rings. The minimum Gasteiger partial charge on any atom is -0.351 e. The zero-order valence-corrected chi connectivity index (χ0v) is 14.4. The minimum atomic E-state index is 0.325. The fraction of sp³-hybridized carbons (Fsp3) is 0.316. The van der Waals surface area contributed by atoms with Crippen molar-refractivity contribution in [3.05, 3.63) is 42.9 Å². The van der Waals surface area contributed by atoms with Crippen LogP contribution in [-0.4, -0.2) is 36.6 Å². The first kappa shape index (κ1) is 15.3. The van der Waals surface area contributed by atoms with Crippen LogP contribution in [0.2, 0.25) is 0 Å². The van der Waals surface area contributed by atoms with E-state index in [9.17, 15) is 0 Å². The van der Waals surface area contributed by atoms with Crippen molar-refractivity contribution in [1.82, 2.24) is 24.5 Å². The van der Waals surface area contributed by atoms with Crippen molar-refractivity contribution in [2.75, 3.05) is 5.32 Å². The number of nitrogens with zero attached hydrogens (tertiary/aromatic N) is 4. The highest BCUT2D eigenvalue weighted by Gasteiger charge is 2.20. The lowest BCUT2D eigenvalue weighted by Crippen LogP contribution is -2.33. The van der Waals surface area contributed by atoms with Crippen LogP contribution in [0.15, 0.2) is 42.9 Å². The third kappa shape index (κ3) is 2.61. The molecule has 132 valence electrons. The second-order valence-electron chi connectivity index (χ2n) is 6.97. The quantitative estimate of drug-likeness (QED) is 0.529. The normalized spacial score (nSPS) is 20.7. The number of hydrogen-bond donors (Lipinski definition) is 3. The van der Waals surface area contributed by atoms with Gasteiger partial charge in [0.15, 0.2) is 17.0 Å². The van der Waals surface area contributed by atoms with E-state index in [0.717, 1.165) is 48.2 Å². The van der Waals surface area contributed by atoms with Gasteiger partial charge in [-0.25, -0.2) is 4.98 Å². The van der Waals surface area contributed by atoms with Crippen molar-refractivity contribution in [3.8, 4) is 5.82 Å². The third-order valence-corrected chi connectivity index (χ3v) is 5.19. The van der Waals surface area contributed by atoms with Gasteiger partial charge in [-0.15, -0.1) is 0 Å². The van der Waals surface area contributed by atoms with E-state index in [2.05, 4.69) is 43.0 Å². The molecule has 0 atom stereocenters. The average Bonchev–Trinajstić information content (AvgIpc) is 3.30. The molecule has 3 aromatic heterocycles. The van der Waals surface area contributed by atoms with E-state index in [0.29, 0.717) is 18.0 Å². The number of benzene rings is 1. The Morgan fingerprint density at radius 2 is 1.92 bits per heavy atom. The zero-order chi connectivity index (χ0) is 17.5. The Balaban J connectivity index is 1.57. The van der Waals surface area contributed by atoms with Crippen molar-refractivity contribution in [1.29, 1.82) is 0 Å². The molecule has 0 bridgehead atoms. The van der Waals surface area contributed by atoms with Crippen LogP contribution in [0.3, 0.4) is 0 Å². The Bertz CT molecular complexity index is 1060. The van der Waals surface area contributed by atoms with Gasteiger partial charge in [0, 0.05) is 18.3 Å². The summed E-state index contributed by atoms with van der Waals surface area (Å²) in [5.74, 6) is 1.42. The van der Waals surface area contributed by atoms with Crippen LogP contribution in [0.25, 0.3) is 27.9 Å². The van der Waals surface area contributed by atoms with E-state index < -0.39 is 0 Å². The number of rotatable bonds is 3. The molecule has 3 heterocycles. The molecule has 0 saturated heterocycles. The zero-order valence-electron chi connectivity index (χ0n) is 14.4. The number of imidazole rings is 1. The van der Waals surface area contributed by atoms with Gasteiger partial charge in [0.05, 0.1) is 11.8 Å². The average molecular weight is 347 g/mol. The second kappa shape index (κ2) is 6.10. The van der Waals surface area contributed by atoms with E-state index in [-0.39, 0.29) is 0 Å². The van der Waals surface area contributed by atoms with Gasteiger partial charge >= 0.3 is 0 Å². The molecule has 1 aliphatic carbocycles. The lowest BCUT2D eigenvalue weighted by atomic mass is 9.92. The van der Waals surface area contributed by atoms with Gasteiger partial charge < -0.3 is 16.0 Å². The third-order valence-electron chi connectivity index (χ3n) is 5.19. The summed E-state index contributed by atoms with van der Waals surface area (Å²) in [7, 11) is 0. The highest BCUT2D eigenvalue weighted by molar-refractivity contribution is 5.86. The number of para-hydroxylation sites is 1. The molecule has 4 N–H and O–H groups in total. The summed E-state index contributed by atoms with van der Waals surface area (Å²) in [6.07, 6.45) is 7.88. The van der Waals surface area contributed by atoms with Gasteiger partial charge in [0.1, 0.15) is 0 Å². The topological polar surface area (TPSA) is 97.4 Å². The van der Waals surface area contributed by atoms with Crippen LogP contribution in [0.4, 0.5) is 5.95 Å². The van der Waals surface area contributed by atoms with Gasteiger partial charge in [-0.05, 0) is 43.2 Å². The molecular formula is C19H21N7. The fourth-order valence-electron chi connectivity index (χ4n) is 3.77. The maximum Gasteiger partial charge on any atom is 0.227 e. The Morgan fingerprint density at radius 1 is 1.08 bits per heavy atom. The van der Waals surface area contributed by atoms with Crippen LogP contribution >= 0.6 is 0 Å². The molecule has 0 spiro atoms. The van der Waals surface area contributed by atoms with Crippen LogP contribution in [0.5, 0.6) is 0 Å². The number of anilines is 1. The Hall–Kier alpha value is -2.93. The van der Waals surface area contributed by atoms with Gasteiger partial charge in [-0.3, -0.25) is 4.57 Å². The van der Waals surface area contributed by atoms with Crippen molar-refractivity contribution in [2.45, 2.75) is 37.8 Å². The largest absolute Gasteiger partial charge is 0.351 e. The highest BCUT2D eigenvalue weighted by atomic mass is 15.2. The molecule has 1 aliphatic rings. The van der Waals surface area contributed by atoms with Gasteiger partial charge in [0.2, 0.25) is 5.95 Å². The predicted octanol–water partition coefficient (Wildman–Crippen LogP) is 2.98. The summed E-state index contributed by atoms with van der Waals surface area (Å²) < 4.78 is 2.07. The van der Waals surface area contributed by atoms with Crippen molar-refractivity contribution < 1.29 is 0 Å². The van der Waals surface area contributed by atoms with Crippen LogP contribution in [0.1, 0.15) is 25.7 Å². The summed E-state index contributed by atoms with van der Waals surface area (Å²) in [6.45, 7) is 0. The Labute approximate surface area is 150 Å². The van der Waals surface area contributed by atoms with Crippen molar-refractivity contribution in [2.24, 2.45) is 5.73 Å². The van der Waals surface area contributed by atoms with Gasteiger partial charge in [-0.2, -0.15) is 9.97 Å². The van der Waals surface area contributed by atoms with Crippen LogP contribution in [-0.2, 0) is 0 Å². The van der Waals surface area contributed by atoms with Crippen molar-refractivity contribution >= 4 is 28.0 Å². The molecule has 26 heavy (non-hydrogen) atoms. The molecule has 0 unspecified atom stereocenters. The molecule has 5 rings (SSSR count). The Kier molecular flexibility index (Phi) is 3.60. The number of aromatic amines is 1. The van der Waals surface area contributed by atoms with E-state index >= 15 is 0 Å². The number of aromatic nitrogens is 5. The molecule has 0 amide bonds. The summed E-state index contributed by atoms with van der Waals surface area (Å²) in [4.78, 5) is 17.0. The minimum absolute atomic E-state index is 0.325. The van der Waals surface area contributed by atoms with E-state index in [4.69, 9.17) is 10.7 Å². The van der Waals surface area contributed by atoms with Gasteiger partial charge in [-0.1, -0.05) is 18.2 Å². The molecule has 0 radical (unpaired) electrons. The second-order valence-corrected chi connectivity index (χ2v) is 6.97. The molecule has 1 aromatic carbocycles. The highest BCUT2D eigenvalue weighted by Crippen LogP contribution is 2.25. The molecule has 7 nitrogen and oxygen atoms in total. The molecule has 7 heteroatoms. The monoisotopic (exact) mass is 347 g/mol. The molecule has 4 aromatic rings. The van der Waals surface area contributed by atoms with E-state index in [1.54, 1.807) is 6.33 Å². The van der Waals surface area contributed by atoms with Crippen LogP contribution < -0.4 is 11.1 Å². The molecular weight excluding hydrogens is 326 g/mol. The summed E-state index contributed by atoms with van der Waals surface area (Å²) in [6, 6.07) is 11.0. The van der Waals surface area contributed by atoms with Crippen molar-refractivity contribution in [3.63, 3.8) is 0 Å². The first-order valence-electron chi connectivity index (χ1n) is 9.07. The SMILES string of the molecule is N[C@H]1CC[C@H](Nc2nc(-n3ccc4ccccc43)c3nc[nH]c3n2)CC1. The maximum atomic E-state index is 6.02. The predicted molar refractivity (Wildman–Crippen MR) is 102 cm³/mol. The lowest BCUT2D eigenvalue weighted by Gasteiger charge is -2.26. The smallest absolute Gasteiger partial charge is 0.227 e. The first-order valence-corrected chi connectivity index (χ1v) is 9.07. The summed E-state index contributed by atoms with van der Waals surface area (Å²) in [5, 5.41) is 4.67. The first-order chi connectivity index (χ1) is 12.8. The number of nitrogens with two attached hydrogens (primary N) is 1. The number of fused-ring (bicyclic) bond motifs is 2. The standard InChI is InChI=1S/C19H21N7/c20-13-5-7-14(8-6-13)23-19-24-17-16(21-11-22-17)18(25-19)26-10-9-12-3-1-2-4-15(12)26/h1-4,9-11,13-14H,5-8,20H2,(H2,21,22,23,24,25)/t13-,14-. The lowest BCUT2D eigenvalue weighted by molar-refractivity contribution is 0.410. The summed E-state index contributed by atoms with van der Waals surface area (Å²) >= 11 is 0. The summed E-state index contributed by atoms with van der Waals surface area (Å²) in [5.41, 5.74) is 8.62. The molecule has 0 aliphatic heterocycles. The van der Waals surface area contributed by atoms with Crippen LogP contribution in [0, 0.1) is 0 Å².